The molecular weight excluding hydrogens is 166 g/mol. The molecule has 0 spiro atoms. The second-order valence-corrected chi connectivity index (χ2v) is 3.63. The fourth-order valence-corrected chi connectivity index (χ4v) is 1.61. The van der Waals surface area contributed by atoms with Gasteiger partial charge in [-0.15, -0.1) is 0 Å². The van der Waals surface area contributed by atoms with Gasteiger partial charge in [0, 0.05) is 24.8 Å². The maximum Gasteiger partial charge on any atom is 0.247 e. The number of hydrogen-bond donors (Lipinski definition) is 1. The van der Waals surface area contributed by atoms with E-state index < -0.39 is 0 Å². The van der Waals surface area contributed by atoms with Crippen molar-refractivity contribution in [3.63, 3.8) is 0 Å². The van der Waals surface area contributed by atoms with E-state index in [4.69, 9.17) is 4.74 Å². The van der Waals surface area contributed by atoms with Gasteiger partial charge in [0.1, 0.15) is 0 Å². The van der Waals surface area contributed by atoms with Crippen LogP contribution in [0.5, 0.6) is 0 Å². The molecule has 0 saturated carbocycles. The van der Waals surface area contributed by atoms with E-state index in [-0.39, 0.29) is 5.91 Å². The summed E-state index contributed by atoms with van der Waals surface area (Å²) in [6.45, 7) is 1.56. The quantitative estimate of drug-likeness (QED) is 0.690. The molecule has 0 aromatic rings. The van der Waals surface area contributed by atoms with Crippen LogP contribution in [0.1, 0.15) is 25.7 Å². The van der Waals surface area contributed by atoms with Gasteiger partial charge in [0.25, 0.3) is 0 Å². The zero-order valence-electron chi connectivity index (χ0n) is 7.71. The Morgan fingerprint density at radius 1 is 1.46 bits per heavy atom. The number of ether oxygens (including phenoxy) is 1. The van der Waals surface area contributed by atoms with Crippen LogP contribution in [-0.2, 0) is 9.53 Å². The minimum atomic E-state index is 0.137. The lowest BCUT2D eigenvalue weighted by molar-refractivity contribution is -0.119. The molecule has 1 heterocycles. The first kappa shape index (κ1) is 8.75. The van der Waals surface area contributed by atoms with Crippen molar-refractivity contribution in [1.82, 2.24) is 5.32 Å². The van der Waals surface area contributed by atoms with Crippen molar-refractivity contribution in [2.24, 2.45) is 0 Å². The topological polar surface area (TPSA) is 38.3 Å². The Bertz CT molecular complexity index is 229. The second kappa shape index (κ2) is 3.92. The molecule has 1 N–H and O–H groups in total. The molecule has 0 unspecified atom stereocenters. The van der Waals surface area contributed by atoms with E-state index in [1.54, 1.807) is 0 Å². The third kappa shape index (κ3) is 2.10. The molecule has 1 saturated heterocycles. The zero-order valence-corrected chi connectivity index (χ0v) is 7.71. The Labute approximate surface area is 78.1 Å². The normalized spacial score (nSPS) is 23.2. The van der Waals surface area contributed by atoms with Gasteiger partial charge in [0.15, 0.2) is 0 Å². The summed E-state index contributed by atoms with van der Waals surface area (Å²) in [5.41, 5.74) is 0.964. The first-order chi connectivity index (χ1) is 6.36. The van der Waals surface area contributed by atoms with Crippen molar-refractivity contribution in [1.29, 1.82) is 0 Å². The van der Waals surface area contributed by atoms with Gasteiger partial charge in [-0.25, -0.2) is 0 Å². The maximum atomic E-state index is 11.5. The lowest BCUT2D eigenvalue weighted by atomic mass is 9.97. The van der Waals surface area contributed by atoms with E-state index in [0.29, 0.717) is 6.04 Å². The summed E-state index contributed by atoms with van der Waals surface area (Å²) >= 11 is 0. The van der Waals surface area contributed by atoms with Crippen LogP contribution in [0.4, 0.5) is 0 Å². The fraction of sp³-hybridized carbons (Fsp3) is 0.700. The van der Waals surface area contributed by atoms with Gasteiger partial charge in [0.05, 0.1) is 0 Å². The van der Waals surface area contributed by atoms with Crippen molar-refractivity contribution in [2.75, 3.05) is 13.2 Å². The maximum absolute atomic E-state index is 11.5. The molecule has 0 aromatic carbocycles. The number of hydrogen-bond acceptors (Lipinski definition) is 2. The Hall–Kier alpha value is -0.830. The van der Waals surface area contributed by atoms with Crippen LogP contribution in [-0.4, -0.2) is 25.2 Å². The molecule has 1 amide bonds. The molecule has 0 radical (unpaired) electrons. The monoisotopic (exact) mass is 181 g/mol. The van der Waals surface area contributed by atoms with E-state index in [1.807, 2.05) is 6.08 Å². The van der Waals surface area contributed by atoms with Crippen LogP contribution in [0, 0.1) is 0 Å². The molecule has 0 bridgehead atoms. The van der Waals surface area contributed by atoms with E-state index in [2.05, 4.69) is 5.32 Å². The van der Waals surface area contributed by atoms with Gasteiger partial charge in [-0.1, -0.05) is 6.08 Å². The summed E-state index contributed by atoms with van der Waals surface area (Å²) in [4.78, 5) is 11.5. The molecule has 1 aliphatic heterocycles. The van der Waals surface area contributed by atoms with Gasteiger partial charge in [0.2, 0.25) is 5.91 Å². The minimum Gasteiger partial charge on any atom is -0.381 e. The highest BCUT2D eigenvalue weighted by atomic mass is 16.5. The third-order valence-corrected chi connectivity index (χ3v) is 2.65. The highest BCUT2D eigenvalue weighted by Gasteiger charge is 2.20. The van der Waals surface area contributed by atoms with Crippen LogP contribution in [0.3, 0.4) is 0 Å². The fourth-order valence-electron chi connectivity index (χ4n) is 1.61. The largest absolute Gasteiger partial charge is 0.381 e. The first-order valence-electron chi connectivity index (χ1n) is 4.94. The van der Waals surface area contributed by atoms with Crippen LogP contribution in [0.2, 0.25) is 0 Å². The molecule has 0 aromatic heterocycles. The second-order valence-electron chi connectivity index (χ2n) is 3.63. The van der Waals surface area contributed by atoms with Crippen molar-refractivity contribution in [3.05, 3.63) is 11.6 Å². The molecule has 72 valence electrons. The molecule has 2 aliphatic rings. The predicted octanol–water partition coefficient (Wildman–Crippen LogP) is 1.00. The summed E-state index contributed by atoms with van der Waals surface area (Å²) in [7, 11) is 0. The molecule has 3 nitrogen and oxygen atoms in total. The zero-order chi connectivity index (χ0) is 9.10. The van der Waals surface area contributed by atoms with Gasteiger partial charge in [-0.3, -0.25) is 4.79 Å². The summed E-state index contributed by atoms with van der Waals surface area (Å²) in [5.74, 6) is 0.137. The molecule has 0 atom stereocenters. The van der Waals surface area contributed by atoms with Gasteiger partial charge in [-0.2, -0.15) is 0 Å². The van der Waals surface area contributed by atoms with Crippen LogP contribution in [0.25, 0.3) is 0 Å². The van der Waals surface area contributed by atoms with Gasteiger partial charge < -0.3 is 10.1 Å². The van der Waals surface area contributed by atoms with Crippen LogP contribution >= 0.6 is 0 Å². The minimum absolute atomic E-state index is 0.137. The number of carbonyl (C=O) groups excluding carboxylic acids is 1. The Morgan fingerprint density at radius 2 is 2.15 bits per heavy atom. The van der Waals surface area contributed by atoms with E-state index >= 15 is 0 Å². The summed E-state index contributed by atoms with van der Waals surface area (Å²) in [6, 6.07) is 0.336. The number of carbonyl (C=O) groups is 1. The number of nitrogens with one attached hydrogen (secondary N) is 1. The van der Waals surface area contributed by atoms with Crippen LogP contribution in [0.15, 0.2) is 11.6 Å². The smallest absolute Gasteiger partial charge is 0.247 e. The van der Waals surface area contributed by atoms with Crippen molar-refractivity contribution in [3.8, 4) is 0 Å². The van der Waals surface area contributed by atoms with E-state index in [0.717, 1.165) is 44.5 Å². The Kier molecular flexibility index (Phi) is 2.64. The molecule has 1 aliphatic carbocycles. The Balaban J connectivity index is 1.79. The molecule has 1 fully saturated rings. The van der Waals surface area contributed by atoms with Crippen molar-refractivity contribution in [2.45, 2.75) is 31.7 Å². The molecule has 13 heavy (non-hydrogen) atoms. The van der Waals surface area contributed by atoms with Gasteiger partial charge in [-0.05, 0) is 25.7 Å². The van der Waals surface area contributed by atoms with E-state index in [9.17, 15) is 4.79 Å². The lowest BCUT2D eigenvalue weighted by Crippen LogP contribution is -2.40. The van der Waals surface area contributed by atoms with E-state index in [1.165, 1.54) is 0 Å². The molecule has 2 rings (SSSR count). The predicted molar refractivity (Wildman–Crippen MR) is 49.3 cm³/mol. The average molecular weight is 181 g/mol. The first-order valence-corrected chi connectivity index (χ1v) is 4.94. The van der Waals surface area contributed by atoms with Crippen LogP contribution < -0.4 is 5.32 Å². The molecule has 3 heteroatoms. The average Bonchev–Trinajstić information content (AvgIpc) is 2.02. The Morgan fingerprint density at radius 3 is 2.69 bits per heavy atom. The van der Waals surface area contributed by atoms with Crippen molar-refractivity contribution < 1.29 is 9.53 Å². The van der Waals surface area contributed by atoms with Crippen molar-refractivity contribution >= 4 is 5.91 Å². The highest BCUT2D eigenvalue weighted by Crippen LogP contribution is 2.18. The van der Waals surface area contributed by atoms with Gasteiger partial charge >= 0.3 is 0 Å². The summed E-state index contributed by atoms with van der Waals surface area (Å²) in [5, 5.41) is 3.03. The summed E-state index contributed by atoms with van der Waals surface area (Å²) < 4.78 is 5.22. The lowest BCUT2D eigenvalue weighted by Gasteiger charge is -2.24. The highest BCUT2D eigenvalue weighted by molar-refractivity contribution is 5.94. The number of amides is 1. The number of allylic oxidation sites excluding steroid dienone is 1. The number of rotatable bonds is 2. The SMILES string of the molecule is O=C(NC1CCOCC1)C1=CCC1. The standard InChI is InChI=1S/C10H15NO2/c12-10(8-2-1-3-8)11-9-4-6-13-7-5-9/h2,9H,1,3-7H2,(H,11,12). The molecular formula is C10H15NO2. The third-order valence-electron chi connectivity index (χ3n) is 2.65. The summed E-state index contributed by atoms with van der Waals surface area (Å²) in [6.07, 6.45) is 5.94.